The largest absolute Gasteiger partial charge is 0.256 e. The monoisotopic (exact) mass is 615 g/mol. The number of aromatic nitrogens is 5. The van der Waals surface area contributed by atoms with Gasteiger partial charge < -0.3 is 0 Å². The highest BCUT2D eigenvalue weighted by molar-refractivity contribution is 5.83. The lowest BCUT2D eigenvalue weighted by molar-refractivity contribution is 1.07. The smallest absolute Gasteiger partial charge is 0.164 e. The van der Waals surface area contributed by atoms with Gasteiger partial charge in [0, 0.05) is 40.2 Å². The summed E-state index contributed by atoms with van der Waals surface area (Å²) < 4.78 is 0. The Hall–Kier alpha value is -6.59. The van der Waals surface area contributed by atoms with E-state index < -0.39 is 0 Å². The number of hydrogen-bond acceptors (Lipinski definition) is 5. The Balaban J connectivity index is 1.33. The van der Waals surface area contributed by atoms with Gasteiger partial charge in [0.25, 0.3) is 0 Å². The molecule has 0 spiro atoms. The van der Waals surface area contributed by atoms with Crippen molar-refractivity contribution < 1.29 is 0 Å². The second kappa shape index (κ2) is 13.0. The average molecular weight is 616 g/mol. The molecule has 0 atom stereocenters. The first kappa shape index (κ1) is 28.9. The van der Waals surface area contributed by atoms with Crippen molar-refractivity contribution in [2.75, 3.05) is 0 Å². The zero-order valence-electron chi connectivity index (χ0n) is 26.0. The van der Waals surface area contributed by atoms with Gasteiger partial charge in [-0.2, -0.15) is 0 Å². The fourth-order valence-electron chi connectivity index (χ4n) is 5.81. The minimum Gasteiger partial charge on any atom is -0.256 e. The van der Waals surface area contributed by atoms with Crippen LogP contribution in [0.5, 0.6) is 0 Å². The van der Waals surface area contributed by atoms with Gasteiger partial charge in [-0.1, -0.05) is 109 Å². The summed E-state index contributed by atoms with van der Waals surface area (Å²) in [6.07, 6.45) is 3.65. The van der Waals surface area contributed by atoms with Crippen LogP contribution in [0.4, 0.5) is 0 Å². The Bertz CT molecular complexity index is 2170. The van der Waals surface area contributed by atoms with Gasteiger partial charge in [0.15, 0.2) is 17.5 Å². The van der Waals surface area contributed by atoms with Crippen molar-refractivity contribution in [3.63, 3.8) is 0 Å². The third kappa shape index (κ3) is 6.13. The molecule has 0 N–H and O–H groups in total. The maximum atomic E-state index is 5.06. The average Bonchev–Trinajstić information content (AvgIpc) is 3.19. The second-order valence-corrected chi connectivity index (χ2v) is 11.4. The summed E-state index contributed by atoms with van der Waals surface area (Å²) in [5.74, 6) is 1.86. The molecule has 48 heavy (non-hydrogen) atoms. The highest BCUT2D eigenvalue weighted by atomic mass is 15.0. The predicted molar refractivity (Wildman–Crippen MR) is 193 cm³/mol. The molecular formula is C43H29N5. The molecule has 5 aromatic carbocycles. The van der Waals surface area contributed by atoms with Crippen molar-refractivity contribution in [2.45, 2.75) is 0 Å². The van der Waals surface area contributed by atoms with Gasteiger partial charge in [-0.25, -0.2) is 15.0 Å². The first-order valence-corrected chi connectivity index (χ1v) is 15.8. The summed E-state index contributed by atoms with van der Waals surface area (Å²) in [7, 11) is 0. The Morgan fingerprint density at radius 1 is 0.250 bits per heavy atom. The molecule has 0 radical (unpaired) electrons. The highest BCUT2D eigenvalue weighted by Gasteiger charge is 2.15. The van der Waals surface area contributed by atoms with Crippen LogP contribution in [0, 0.1) is 0 Å². The molecule has 0 saturated heterocycles. The van der Waals surface area contributed by atoms with E-state index in [1.165, 1.54) is 0 Å². The minimum atomic E-state index is 0.604. The first-order chi connectivity index (χ1) is 23.8. The highest BCUT2D eigenvalue weighted by Crippen LogP contribution is 2.35. The molecular weight excluding hydrogens is 587 g/mol. The lowest BCUT2D eigenvalue weighted by Crippen LogP contribution is -2.00. The van der Waals surface area contributed by atoms with Crippen LogP contribution in [0.2, 0.25) is 0 Å². The van der Waals surface area contributed by atoms with Crippen molar-refractivity contribution in [2.24, 2.45) is 0 Å². The molecule has 0 saturated carbocycles. The lowest BCUT2D eigenvalue weighted by atomic mass is 9.93. The molecule has 5 nitrogen and oxygen atoms in total. The van der Waals surface area contributed by atoms with Gasteiger partial charge in [-0.05, 0) is 76.9 Å². The van der Waals surface area contributed by atoms with E-state index in [0.717, 1.165) is 61.5 Å². The second-order valence-electron chi connectivity index (χ2n) is 11.4. The van der Waals surface area contributed by atoms with Crippen molar-refractivity contribution in [3.8, 4) is 78.9 Å². The molecule has 3 aromatic heterocycles. The van der Waals surface area contributed by atoms with Crippen LogP contribution in [-0.4, -0.2) is 24.9 Å². The third-order valence-corrected chi connectivity index (χ3v) is 8.20. The van der Waals surface area contributed by atoms with E-state index in [4.69, 9.17) is 15.0 Å². The van der Waals surface area contributed by atoms with Crippen LogP contribution in [0.3, 0.4) is 0 Å². The normalized spacial score (nSPS) is 10.9. The van der Waals surface area contributed by atoms with Gasteiger partial charge in [0.05, 0.1) is 11.4 Å². The Morgan fingerprint density at radius 3 is 1.04 bits per heavy atom. The fraction of sp³-hybridized carbons (Fsp3) is 0. The summed E-state index contributed by atoms with van der Waals surface area (Å²) in [5, 5.41) is 0. The molecule has 226 valence electrons. The standard InChI is InChI=1S/C43H29N5/c1-3-13-30(14-4-1)41-46-42(31-15-5-2-6-16-31)48-43(47-41)38-28-36(32-17-11-19-34(25-32)39-21-7-9-23-44-39)27-37(29-38)33-18-12-20-35(26-33)40-22-8-10-24-45-40/h1-29H. The van der Waals surface area contributed by atoms with Gasteiger partial charge in [0.2, 0.25) is 0 Å². The molecule has 0 bridgehead atoms. The van der Waals surface area contributed by atoms with E-state index in [1.807, 2.05) is 109 Å². The van der Waals surface area contributed by atoms with Crippen molar-refractivity contribution >= 4 is 0 Å². The molecule has 0 aliphatic carbocycles. The summed E-state index contributed by atoms with van der Waals surface area (Å²) >= 11 is 0. The molecule has 0 amide bonds. The zero-order chi connectivity index (χ0) is 32.1. The van der Waals surface area contributed by atoms with Crippen LogP contribution in [0.15, 0.2) is 176 Å². The summed E-state index contributed by atoms with van der Waals surface area (Å²) in [4.78, 5) is 24.2. The van der Waals surface area contributed by atoms with Gasteiger partial charge in [0.1, 0.15) is 0 Å². The maximum Gasteiger partial charge on any atom is 0.164 e. The number of pyridine rings is 2. The first-order valence-electron chi connectivity index (χ1n) is 15.8. The number of nitrogens with zero attached hydrogens (tertiary/aromatic N) is 5. The Morgan fingerprint density at radius 2 is 0.604 bits per heavy atom. The van der Waals surface area contributed by atoms with Crippen molar-refractivity contribution in [1.29, 1.82) is 0 Å². The third-order valence-electron chi connectivity index (χ3n) is 8.20. The van der Waals surface area contributed by atoms with E-state index >= 15 is 0 Å². The van der Waals surface area contributed by atoms with Gasteiger partial charge >= 0.3 is 0 Å². The predicted octanol–water partition coefficient (Wildman–Crippen LogP) is 10.3. The molecule has 5 heteroatoms. The Labute approximate surface area is 279 Å². The fourth-order valence-corrected chi connectivity index (χ4v) is 5.81. The zero-order valence-corrected chi connectivity index (χ0v) is 26.0. The van der Waals surface area contributed by atoms with Crippen LogP contribution in [-0.2, 0) is 0 Å². The SMILES string of the molecule is c1ccc(-c2nc(-c3ccccc3)nc(-c3cc(-c4cccc(-c5ccccn5)c4)cc(-c4cccc(-c5ccccn5)c4)c3)n2)cc1. The van der Waals surface area contributed by atoms with E-state index in [9.17, 15) is 0 Å². The van der Waals surface area contributed by atoms with E-state index in [-0.39, 0.29) is 0 Å². The quantitative estimate of drug-likeness (QED) is 0.178. The minimum absolute atomic E-state index is 0.604. The molecule has 8 rings (SSSR count). The molecule has 0 fully saturated rings. The molecule has 3 heterocycles. The molecule has 0 unspecified atom stereocenters. The van der Waals surface area contributed by atoms with Crippen molar-refractivity contribution in [3.05, 3.63) is 176 Å². The lowest BCUT2D eigenvalue weighted by Gasteiger charge is -2.13. The summed E-state index contributed by atoms with van der Waals surface area (Å²) in [5.41, 5.74) is 11.0. The topological polar surface area (TPSA) is 64.5 Å². The van der Waals surface area contributed by atoms with Crippen LogP contribution in [0.1, 0.15) is 0 Å². The van der Waals surface area contributed by atoms with Crippen LogP contribution >= 0.6 is 0 Å². The van der Waals surface area contributed by atoms with Crippen molar-refractivity contribution in [1.82, 2.24) is 24.9 Å². The van der Waals surface area contributed by atoms with E-state index in [0.29, 0.717) is 17.5 Å². The van der Waals surface area contributed by atoms with Crippen LogP contribution in [0.25, 0.3) is 78.9 Å². The summed E-state index contributed by atoms with van der Waals surface area (Å²) in [6.45, 7) is 0. The summed E-state index contributed by atoms with van der Waals surface area (Å²) in [6, 6.07) is 55.7. The Kier molecular flexibility index (Phi) is 7.83. The maximum absolute atomic E-state index is 5.06. The molecule has 8 aromatic rings. The van der Waals surface area contributed by atoms with Crippen LogP contribution < -0.4 is 0 Å². The number of rotatable bonds is 7. The molecule has 0 aliphatic rings. The van der Waals surface area contributed by atoms with Gasteiger partial charge in [-0.3, -0.25) is 9.97 Å². The number of hydrogen-bond donors (Lipinski definition) is 0. The van der Waals surface area contributed by atoms with E-state index in [1.54, 1.807) is 0 Å². The number of benzene rings is 5. The van der Waals surface area contributed by atoms with Gasteiger partial charge in [-0.15, -0.1) is 0 Å². The molecule has 0 aliphatic heterocycles. The van der Waals surface area contributed by atoms with E-state index in [2.05, 4.69) is 76.7 Å².